The van der Waals surface area contributed by atoms with Crippen molar-refractivity contribution in [1.82, 2.24) is 25.0 Å². The van der Waals surface area contributed by atoms with E-state index in [-0.39, 0.29) is 0 Å². The van der Waals surface area contributed by atoms with Crippen LogP contribution in [-0.2, 0) is 13.0 Å². The van der Waals surface area contributed by atoms with E-state index in [0.29, 0.717) is 0 Å². The number of aliphatic imine (C=N–C) groups is 1. The van der Waals surface area contributed by atoms with Gasteiger partial charge in [-0.3, -0.25) is 4.99 Å². The van der Waals surface area contributed by atoms with Crippen molar-refractivity contribution in [3.8, 4) is 0 Å². The number of thioether (sulfide) groups is 1. The number of hydrogen-bond acceptors (Lipinski definition) is 4. The summed E-state index contributed by atoms with van der Waals surface area (Å²) in [6, 6.07) is 10.5. The molecular formula is C19H28N6S. The topological polar surface area (TPSA) is 58.3 Å². The molecule has 1 aliphatic rings. The number of likely N-dealkylation sites (tertiary alicyclic amines) is 1. The molecule has 140 valence electrons. The Morgan fingerprint density at radius 2 is 2.04 bits per heavy atom. The average molecular weight is 373 g/mol. The number of benzene rings is 1. The van der Waals surface area contributed by atoms with Gasteiger partial charge in [-0.25, -0.2) is 0 Å². The number of rotatable bonds is 8. The van der Waals surface area contributed by atoms with Gasteiger partial charge in [-0.05, 0) is 25.0 Å². The molecule has 0 spiro atoms. The van der Waals surface area contributed by atoms with Gasteiger partial charge in [0, 0.05) is 43.2 Å². The predicted molar refractivity (Wildman–Crippen MR) is 108 cm³/mol. The van der Waals surface area contributed by atoms with E-state index in [1.807, 2.05) is 11.8 Å². The molecule has 1 aromatic carbocycles. The number of nitrogens with one attached hydrogen (secondary N) is 1. The summed E-state index contributed by atoms with van der Waals surface area (Å²) in [4.78, 5) is 8.54. The van der Waals surface area contributed by atoms with Crippen LogP contribution in [0.4, 0.5) is 0 Å². The van der Waals surface area contributed by atoms with Crippen LogP contribution in [0, 0.1) is 0 Å². The largest absolute Gasteiger partial charge is 0.355 e. The first-order chi connectivity index (χ1) is 12.9. The molecule has 0 atom stereocenters. The molecule has 2 heterocycles. The van der Waals surface area contributed by atoms with E-state index < -0.39 is 0 Å². The zero-order chi connectivity index (χ0) is 18.0. The quantitative estimate of drug-likeness (QED) is 0.334. The number of aryl methyl sites for hydroxylation is 1. The molecule has 1 aliphatic heterocycles. The molecule has 1 fully saturated rings. The Hall–Kier alpha value is -2.02. The summed E-state index contributed by atoms with van der Waals surface area (Å²) in [5.74, 6) is 3.10. The molecular weight excluding hydrogens is 344 g/mol. The van der Waals surface area contributed by atoms with Crippen LogP contribution in [0.15, 0.2) is 46.5 Å². The highest BCUT2D eigenvalue weighted by Crippen LogP contribution is 2.16. The molecule has 7 heteroatoms. The van der Waals surface area contributed by atoms with Gasteiger partial charge in [0.2, 0.25) is 0 Å². The molecule has 0 unspecified atom stereocenters. The maximum Gasteiger partial charge on any atom is 0.194 e. The van der Waals surface area contributed by atoms with Gasteiger partial charge in [-0.2, -0.15) is 0 Å². The second-order valence-corrected chi connectivity index (χ2v) is 7.45. The van der Waals surface area contributed by atoms with Gasteiger partial charge < -0.3 is 14.8 Å². The lowest BCUT2D eigenvalue weighted by atomic mass is 10.4. The normalized spacial score (nSPS) is 14.8. The van der Waals surface area contributed by atoms with Crippen molar-refractivity contribution in [3.05, 3.63) is 42.5 Å². The van der Waals surface area contributed by atoms with E-state index in [4.69, 9.17) is 4.99 Å². The molecule has 0 bridgehead atoms. The van der Waals surface area contributed by atoms with Crippen LogP contribution in [0.3, 0.4) is 0 Å². The summed E-state index contributed by atoms with van der Waals surface area (Å²) in [6.07, 6.45) is 5.21. The van der Waals surface area contributed by atoms with Crippen LogP contribution in [0.5, 0.6) is 0 Å². The highest BCUT2D eigenvalue weighted by atomic mass is 32.2. The van der Waals surface area contributed by atoms with Crippen LogP contribution in [0.1, 0.15) is 25.6 Å². The van der Waals surface area contributed by atoms with E-state index in [9.17, 15) is 0 Å². The second-order valence-electron chi connectivity index (χ2n) is 6.28. The van der Waals surface area contributed by atoms with Gasteiger partial charge in [-0.15, -0.1) is 22.0 Å². The van der Waals surface area contributed by atoms with E-state index in [1.165, 1.54) is 17.7 Å². The smallest absolute Gasteiger partial charge is 0.194 e. The van der Waals surface area contributed by atoms with Crippen molar-refractivity contribution in [2.45, 2.75) is 37.6 Å². The Bertz CT molecular complexity index is 678. The lowest BCUT2D eigenvalue weighted by molar-refractivity contribution is 0.492. The van der Waals surface area contributed by atoms with Crippen LogP contribution in [-0.4, -0.2) is 57.6 Å². The average Bonchev–Trinajstić information content (AvgIpc) is 3.36. The lowest BCUT2D eigenvalue weighted by Crippen LogP contribution is -2.40. The van der Waals surface area contributed by atoms with Crippen molar-refractivity contribution in [3.63, 3.8) is 0 Å². The van der Waals surface area contributed by atoms with Gasteiger partial charge in [0.25, 0.3) is 0 Å². The number of aromatic nitrogens is 3. The molecule has 0 radical (unpaired) electrons. The Labute approximate surface area is 160 Å². The molecule has 26 heavy (non-hydrogen) atoms. The van der Waals surface area contributed by atoms with Gasteiger partial charge in [-0.1, -0.05) is 25.1 Å². The molecule has 1 N–H and O–H groups in total. The molecule has 0 saturated carbocycles. The summed E-state index contributed by atoms with van der Waals surface area (Å²) in [6.45, 7) is 6.80. The van der Waals surface area contributed by atoms with Crippen molar-refractivity contribution in [1.29, 1.82) is 0 Å². The highest BCUT2D eigenvalue weighted by molar-refractivity contribution is 7.99. The molecule has 3 rings (SSSR count). The number of hydrogen-bond donors (Lipinski definition) is 1. The molecule has 0 aliphatic carbocycles. The number of nitrogens with zero attached hydrogens (tertiary/aromatic N) is 5. The van der Waals surface area contributed by atoms with Crippen LogP contribution in [0.2, 0.25) is 0 Å². The third-order valence-electron chi connectivity index (χ3n) is 4.42. The lowest BCUT2D eigenvalue weighted by Gasteiger charge is -2.21. The minimum atomic E-state index is 0.746. The Kier molecular flexibility index (Phi) is 7.37. The Morgan fingerprint density at radius 1 is 1.23 bits per heavy atom. The van der Waals surface area contributed by atoms with Gasteiger partial charge in [0.15, 0.2) is 5.96 Å². The molecule has 1 saturated heterocycles. The summed E-state index contributed by atoms with van der Waals surface area (Å²) >= 11 is 1.88. The fourth-order valence-corrected chi connectivity index (χ4v) is 3.84. The van der Waals surface area contributed by atoms with Gasteiger partial charge in [0.1, 0.15) is 12.2 Å². The van der Waals surface area contributed by atoms with Crippen LogP contribution in [0.25, 0.3) is 0 Å². The van der Waals surface area contributed by atoms with Crippen molar-refractivity contribution in [2.75, 3.05) is 31.9 Å². The standard InChI is InChI=1S/C19H28N6S/c1-2-18-23-22-16-25(18)14-10-20-19(24-12-6-7-13-24)21-11-15-26-17-8-4-3-5-9-17/h3-5,8-9,16H,2,6-7,10-15H2,1H3,(H,20,21). The fraction of sp³-hybridized carbons (Fsp3) is 0.526. The SMILES string of the molecule is CCc1nncn1CCN=C(NCCSc1ccccc1)N1CCCC1. The number of guanidine groups is 1. The predicted octanol–water partition coefficient (Wildman–Crippen LogP) is 2.67. The summed E-state index contributed by atoms with van der Waals surface area (Å²) in [5, 5.41) is 11.7. The van der Waals surface area contributed by atoms with Gasteiger partial charge in [0.05, 0.1) is 6.54 Å². The maximum atomic E-state index is 4.85. The maximum absolute atomic E-state index is 4.85. The zero-order valence-electron chi connectivity index (χ0n) is 15.5. The van der Waals surface area contributed by atoms with E-state index in [0.717, 1.165) is 56.7 Å². The first-order valence-electron chi connectivity index (χ1n) is 9.44. The van der Waals surface area contributed by atoms with Crippen molar-refractivity contribution in [2.24, 2.45) is 4.99 Å². The summed E-state index contributed by atoms with van der Waals surface area (Å²) in [5.41, 5.74) is 0. The third-order valence-corrected chi connectivity index (χ3v) is 5.43. The monoisotopic (exact) mass is 372 g/mol. The van der Waals surface area contributed by atoms with E-state index >= 15 is 0 Å². The second kappa shape index (κ2) is 10.2. The molecule has 6 nitrogen and oxygen atoms in total. The zero-order valence-corrected chi connectivity index (χ0v) is 16.3. The minimum Gasteiger partial charge on any atom is -0.355 e. The highest BCUT2D eigenvalue weighted by Gasteiger charge is 2.15. The van der Waals surface area contributed by atoms with Gasteiger partial charge >= 0.3 is 0 Å². The molecule has 1 aromatic heterocycles. The first-order valence-corrected chi connectivity index (χ1v) is 10.4. The van der Waals surface area contributed by atoms with E-state index in [1.54, 1.807) is 6.33 Å². The van der Waals surface area contributed by atoms with Crippen molar-refractivity contribution >= 4 is 17.7 Å². The first kappa shape index (κ1) is 18.8. The fourth-order valence-electron chi connectivity index (χ4n) is 3.05. The molecule has 0 amide bonds. The summed E-state index contributed by atoms with van der Waals surface area (Å²) < 4.78 is 2.09. The molecule has 2 aromatic rings. The van der Waals surface area contributed by atoms with Crippen LogP contribution < -0.4 is 5.32 Å². The summed E-state index contributed by atoms with van der Waals surface area (Å²) in [7, 11) is 0. The Morgan fingerprint density at radius 3 is 2.81 bits per heavy atom. The Balaban J connectivity index is 1.49. The third kappa shape index (κ3) is 5.49. The van der Waals surface area contributed by atoms with Crippen LogP contribution >= 0.6 is 11.8 Å². The minimum absolute atomic E-state index is 0.746. The van der Waals surface area contributed by atoms with E-state index in [2.05, 4.69) is 62.2 Å². The van der Waals surface area contributed by atoms with Crippen molar-refractivity contribution < 1.29 is 0 Å².